The van der Waals surface area contributed by atoms with E-state index in [1.54, 1.807) is 0 Å². The zero-order valence-electron chi connectivity index (χ0n) is 13.8. The van der Waals surface area contributed by atoms with Crippen LogP contribution in [0.5, 0.6) is 0 Å². The van der Waals surface area contributed by atoms with E-state index < -0.39 is 0 Å². The highest BCUT2D eigenvalue weighted by atomic mass is 35.5. The van der Waals surface area contributed by atoms with Crippen LogP contribution < -0.4 is 10.6 Å². The molecule has 7 heteroatoms. The highest BCUT2D eigenvalue weighted by molar-refractivity contribution is 5.85. The van der Waals surface area contributed by atoms with Crippen LogP contribution in [0, 0.1) is 0 Å². The lowest BCUT2D eigenvalue weighted by Gasteiger charge is -2.28. The van der Waals surface area contributed by atoms with Crippen molar-refractivity contribution in [3.8, 4) is 0 Å². The van der Waals surface area contributed by atoms with E-state index in [0.717, 1.165) is 45.6 Å². The maximum Gasteiger partial charge on any atom is 0.239 e. The molecule has 3 rings (SSSR count). The number of nitrogens with zero attached hydrogens (tertiary/aromatic N) is 1. The summed E-state index contributed by atoms with van der Waals surface area (Å²) in [6, 6.07) is 8.49. The molecule has 2 aliphatic heterocycles. The maximum absolute atomic E-state index is 11.9. The molecule has 1 atom stereocenters. The monoisotopic (exact) mass is 375 g/mol. The van der Waals surface area contributed by atoms with Crippen LogP contribution in [0.1, 0.15) is 17.5 Å². The van der Waals surface area contributed by atoms with E-state index in [0.29, 0.717) is 13.2 Å². The average Bonchev–Trinajstić information content (AvgIpc) is 2.59. The molecule has 1 aromatic carbocycles. The number of benzene rings is 1. The van der Waals surface area contributed by atoms with E-state index in [4.69, 9.17) is 4.74 Å². The van der Waals surface area contributed by atoms with Crippen molar-refractivity contribution in [3.63, 3.8) is 0 Å². The Labute approximate surface area is 156 Å². The predicted molar refractivity (Wildman–Crippen MR) is 100 cm³/mol. The Hall–Kier alpha value is -0.850. The summed E-state index contributed by atoms with van der Waals surface area (Å²) < 4.78 is 5.31. The number of rotatable bonds is 5. The van der Waals surface area contributed by atoms with Crippen LogP contribution in [0.25, 0.3) is 0 Å². The fourth-order valence-electron chi connectivity index (χ4n) is 3.12. The molecule has 1 fully saturated rings. The molecular weight excluding hydrogens is 349 g/mol. The summed E-state index contributed by atoms with van der Waals surface area (Å²) in [5, 5.41) is 6.18. The van der Waals surface area contributed by atoms with Crippen molar-refractivity contribution >= 4 is 30.7 Å². The molecule has 5 nitrogen and oxygen atoms in total. The van der Waals surface area contributed by atoms with E-state index in [-0.39, 0.29) is 36.8 Å². The molecule has 1 aromatic rings. The van der Waals surface area contributed by atoms with Crippen LogP contribution >= 0.6 is 24.8 Å². The molecule has 1 unspecified atom stereocenters. The first kappa shape index (κ1) is 21.2. The third kappa shape index (κ3) is 5.90. The molecule has 2 aliphatic rings. The molecule has 136 valence electrons. The Kier molecular flexibility index (Phi) is 9.63. The minimum atomic E-state index is -0.185. The number of amides is 1. The zero-order valence-corrected chi connectivity index (χ0v) is 15.5. The summed E-state index contributed by atoms with van der Waals surface area (Å²) in [7, 11) is 0. The number of halogens is 2. The van der Waals surface area contributed by atoms with Crippen LogP contribution in [0.3, 0.4) is 0 Å². The highest BCUT2D eigenvalue weighted by Gasteiger charge is 2.20. The van der Waals surface area contributed by atoms with Gasteiger partial charge in [0, 0.05) is 32.7 Å². The average molecular weight is 376 g/mol. The van der Waals surface area contributed by atoms with Gasteiger partial charge >= 0.3 is 0 Å². The van der Waals surface area contributed by atoms with Crippen LogP contribution in [0.4, 0.5) is 0 Å². The molecule has 0 spiro atoms. The summed E-state index contributed by atoms with van der Waals surface area (Å²) in [6.45, 7) is 5.84. The first-order valence-corrected chi connectivity index (χ1v) is 8.21. The van der Waals surface area contributed by atoms with E-state index in [1.807, 2.05) is 0 Å². The Morgan fingerprint density at radius 1 is 1.29 bits per heavy atom. The zero-order chi connectivity index (χ0) is 15.2. The minimum absolute atomic E-state index is 0. The van der Waals surface area contributed by atoms with Crippen molar-refractivity contribution < 1.29 is 9.53 Å². The fourth-order valence-corrected chi connectivity index (χ4v) is 3.12. The third-order valence-electron chi connectivity index (χ3n) is 4.40. The van der Waals surface area contributed by atoms with Crippen LogP contribution in [-0.4, -0.2) is 56.2 Å². The number of hydrogen-bond donors (Lipinski definition) is 2. The molecule has 2 heterocycles. The van der Waals surface area contributed by atoms with Gasteiger partial charge in [0.15, 0.2) is 0 Å². The van der Waals surface area contributed by atoms with E-state index in [9.17, 15) is 4.79 Å². The predicted octanol–water partition coefficient (Wildman–Crippen LogP) is 1.38. The molecule has 2 N–H and O–H groups in total. The summed E-state index contributed by atoms with van der Waals surface area (Å²) >= 11 is 0. The topological polar surface area (TPSA) is 53.6 Å². The van der Waals surface area contributed by atoms with Gasteiger partial charge in [-0.15, -0.1) is 24.8 Å². The maximum atomic E-state index is 11.9. The van der Waals surface area contributed by atoms with Gasteiger partial charge < -0.3 is 15.4 Å². The summed E-state index contributed by atoms with van der Waals surface area (Å²) in [4.78, 5) is 14.4. The number of carbonyl (C=O) groups excluding carboxylic acids is 1. The van der Waals surface area contributed by atoms with E-state index >= 15 is 0 Å². The lowest BCUT2D eigenvalue weighted by molar-refractivity contribution is -0.125. The SMILES string of the molecule is Cl.Cl.O=C(NCCCN1CCc2ccccc2C1)C1COCCN1. The minimum Gasteiger partial charge on any atom is -0.378 e. The van der Waals surface area contributed by atoms with Gasteiger partial charge in [-0.2, -0.15) is 0 Å². The Morgan fingerprint density at radius 3 is 2.83 bits per heavy atom. The van der Waals surface area contributed by atoms with Gasteiger partial charge in [0.25, 0.3) is 0 Å². The van der Waals surface area contributed by atoms with Crippen molar-refractivity contribution in [3.05, 3.63) is 35.4 Å². The quantitative estimate of drug-likeness (QED) is 0.763. The summed E-state index contributed by atoms with van der Waals surface area (Å²) in [6.07, 6.45) is 2.12. The summed E-state index contributed by atoms with van der Waals surface area (Å²) in [5.41, 5.74) is 2.93. The van der Waals surface area contributed by atoms with Crippen molar-refractivity contribution in [2.24, 2.45) is 0 Å². The number of nitrogens with one attached hydrogen (secondary N) is 2. The largest absolute Gasteiger partial charge is 0.378 e. The lowest BCUT2D eigenvalue weighted by Crippen LogP contribution is -2.51. The van der Waals surface area contributed by atoms with Crippen LogP contribution in [-0.2, 0) is 22.5 Å². The Morgan fingerprint density at radius 2 is 2.08 bits per heavy atom. The first-order chi connectivity index (χ1) is 10.8. The van der Waals surface area contributed by atoms with Gasteiger partial charge in [0.2, 0.25) is 5.91 Å². The van der Waals surface area contributed by atoms with Crippen molar-refractivity contribution in [1.82, 2.24) is 15.5 Å². The molecule has 0 bridgehead atoms. The number of carbonyl (C=O) groups is 1. The second-order valence-corrected chi connectivity index (χ2v) is 6.02. The molecule has 0 radical (unpaired) electrons. The number of hydrogen-bond acceptors (Lipinski definition) is 4. The lowest BCUT2D eigenvalue weighted by atomic mass is 10.00. The van der Waals surface area contributed by atoms with Gasteiger partial charge in [0.1, 0.15) is 6.04 Å². The van der Waals surface area contributed by atoms with Crippen LogP contribution in [0.15, 0.2) is 24.3 Å². The first-order valence-electron chi connectivity index (χ1n) is 8.21. The third-order valence-corrected chi connectivity index (χ3v) is 4.40. The van der Waals surface area contributed by atoms with E-state index in [2.05, 4.69) is 39.8 Å². The van der Waals surface area contributed by atoms with Crippen molar-refractivity contribution in [2.45, 2.75) is 25.4 Å². The smallest absolute Gasteiger partial charge is 0.239 e. The second-order valence-electron chi connectivity index (χ2n) is 6.02. The highest BCUT2D eigenvalue weighted by Crippen LogP contribution is 2.18. The number of fused-ring (bicyclic) bond motifs is 1. The van der Waals surface area contributed by atoms with E-state index in [1.165, 1.54) is 11.1 Å². The fraction of sp³-hybridized carbons (Fsp3) is 0.588. The number of morpholine rings is 1. The molecular formula is C17H27Cl2N3O2. The van der Waals surface area contributed by atoms with Gasteiger partial charge in [-0.1, -0.05) is 24.3 Å². The van der Waals surface area contributed by atoms with Gasteiger partial charge in [-0.3, -0.25) is 9.69 Å². The standard InChI is InChI=1S/C17H25N3O2.2ClH/c21-17(16-13-22-11-8-18-16)19-7-3-9-20-10-6-14-4-1-2-5-15(14)12-20;;/h1-2,4-5,16,18H,3,6-13H2,(H,19,21);2*1H. The second kappa shape index (κ2) is 10.9. The molecule has 24 heavy (non-hydrogen) atoms. The molecule has 0 aliphatic carbocycles. The molecule has 0 aromatic heterocycles. The van der Waals surface area contributed by atoms with Crippen molar-refractivity contribution in [2.75, 3.05) is 39.4 Å². The van der Waals surface area contributed by atoms with Gasteiger partial charge in [-0.05, 0) is 24.0 Å². The summed E-state index contributed by atoms with van der Waals surface area (Å²) in [5.74, 6) is 0.0590. The normalized spacial score (nSPS) is 20.2. The van der Waals surface area contributed by atoms with Crippen molar-refractivity contribution in [1.29, 1.82) is 0 Å². The molecule has 1 amide bonds. The van der Waals surface area contributed by atoms with Gasteiger partial charge in [0.05, 0.1) is 13.2 Å². The molecule has 1 saturated heterocycles. The van der Waals surface area contributed by atoms with Crippen LogP contribution in [0.2, 0.25) is 0 Å². The Balaban J connectivity index is 0.00000144. The van der Waals surface area contributed by atoms with Gasteiger partial charge in [-0.25, -0.2) is 0 Å². The number of ether oxygens (including phenoxy) is 1. The molecule has 0 saturated carbocycles. The Bertz CT molecular complexity index is 510.